The molecular formula is C23H28O. The second kappa shape index (κ2) is 5.26. The zero-order valence-corrected chi connectivity index (χ0v) is 15.0. The van der Waals surface area contributed by atoms with Gasteiger partial charge in [-0.25, -0.2) is 0 Å². The largest absolute Gasteiger partial charge is 0.299 e. The highest BCUT2D eigenvalue weighted by Gasteiger charge is 2.59. The van der Waals surface area contributed by atoms with Crippen molar-refractivity contribution in [2.24, 2.45) is 40.4 Å². The summed E-state index contributed by atoms with van der Waals surface area (Å²) < 4.78 is 0. The maximum atomic E-state index is 12.5. The van der Waals surface area contributed by atoms with Crippen molar-refractivity contribution >= 4 is 5.78 Å². The molecule has 126 valence electrons. The predicted octanol–water partition coefficient (Wildman–Crippen LogP) is 4.63. The van der Waals surface area contributed by atoms with Crippen molar-refractivity contribution in [2.45, 2.75) is 58.8 Å². The van der Waals surface area contributed by atoms with Crippen LogP contribution >= 0.6 is 0 Å². The summed E-state index contributed by atoms with van der Waals surface area (Å²) in [5.74, 6) is 8.72. The van der Waals surface area contributed by atoms with E-state index in [1.165, 1.54) is 12.0 Å². The van der Waals surface area contributed by atoms with Gasteiger partial charge in [0.05, 0.1) is 5.92 Å². The van der Waals surface area contributed by atoms with E-state index in [0.29, 0.717) is 23.5 Å². The molecule has 0 aromatic heterocycles. The van der Waals surface area contributed by atoms with Gasteiger partial charge < -0.3 is 0 Å². The van der Waals surface area contributed by atoms with Crippen molar-refractivity contribution in [3.63, 3.8) is 0 Å². The van der Waals surface area contributed by atoms with Crippen LogP contribution in [0.5, 0.6) is 0 Å². The number of hydrogen-bond acceptors (Lipinski definition) is 1. The number of ketones is 1. The van der Waals surface area contributed by atoms with Crippen LogP contribution in [0.25, 0.3) is 0 Å². The van der Waals surface area contributed by atoms with Gasteiger partial charge in [0, 0.05) is 17.8 Å². The van der Waals surface area contributed by atoms with Gasteiger partial charge in [-0.15, -0.1) is 18.8 Å². The van der Waals surface area contributed by atoms with E-state index in [4.69, 9.17) is 12.8 Å². The van der Waals surface area contributed by atoms with E-state index in [2.05, 4.69) is 31.8 Å². The van der Waals surface area contributed by atoms with Crippen molar-refractivity contribution in [1.29, 1.82) is 0 Å². The van der Waals surface area contributed by atoms with Crippen LogP contribution in [0.2, 0.25) is 0 Å². The first kappa shape index (κ1) is 16.0. The van der Waals surface area contributed by atoms with Crippen LogP contribution in [0.4, 0.5) is 0 Å². The van der Waals surface area contributed by atoms with Gasteiger partial charge in [0.2, 0.25) is 0 Å². The summed E-state index contributed by atoms with van der Waals surface area (Å²) in [6.45, 7) is 4.68. The summed E-state index contributed by atoms with van der Waals surface area (Å²) in [4.78, 5) is 12.5. The average Bonchev–Trinajstić information content (AvgIpc) is 2.88. The normalized spacial score (nSPS) is 49.9. The molecule has 0 amide bonds. The van der Waals surface area contributed by atoms with Gasteiger partial charge in [-0.05, 0) is 61.7 Å². The molecule has 0 aromatic rings. The Bertz CT molecular complexity index is 686. The second-order valence-electron chi connectivity index (χ2n) is 9.06. The van der Waals surface area contributed by atoms with Gasteiger partial charge in [-0.1, -0.05) is 31.4 Å². The van der Waals surface area contributed by atoms with Gasteiger partial charge in [0.25, 0.3) is 0 Å². The van der Waals surface area contributed by atoms with Crippen LogP contribution < -0.4 is 0 Å². The van der Waals surface area contributed by atoms with Crippen LogP contribution in [0, 0.1) is 65.1 Å². The lowest BCUT2D eigenvalue weighted by Crippen LogP contribution is -2.51. The standard InChI is InChI=1S/C23H28O/c1-5-15-11-13-22(3)18(16(15)6-2)8-7-17-19-9-10-21(24)23(19,4)14-12-20(17)22/h1-2,8,15-17,19-20H,7,9-14H2,3-4H3/t15?,16?,17-,19-,20+,22-,23-/m0/s1. The number of carbonyl (C=O) groups excluding carboxylic acids is 1. The lowest BCUT2D eigenvalue weighted by Gasteiger charge is -2.57. The minimum Gasteiger partial charge on any atom is -0.299 e. The maximum absolute atomic E-state index is 12.5. The SMILES string of the molecule is C#CC1CC[C@@]2(C)C(=CC[C@@H]3[C@H]2CC[C@]2(C)C(=O)CC[C@@H]32)C1C#C. The Morgan fingerprint density at radius 2 is 1.75 bits per heavy atom. The van der Waals surface area contributed by atoms with Crippen molar-refractivity contribution in [3.8, 4) is 24.7 Å². The smallest absolute Gasteiger partial charge is 0.139 e. The highest BCUT2D eigenvalue weighted by Crippen LogP contribution is 2.65. The number of fused-ring (bicyclic) bond motifs is 5. The molecule has 0 saturated heterocycles. The number of carbonyl (C=O) groups is 1. The predicted molar refractivity (Wildman–Crippen MR) is 96.7 cm³/mol. The van der Waals surface area contributed by atoms with Crippen molar-refractivity contribution in [2.75, 3.05) is 0 Å². The van der Waals surface area contributed by atoms with Crippen LogP contribution in [-0.2, 0) is 4.79 Å². The summed E-state index contributed by atoms with van der Waals surface area (Å²) in [6, 6.07) is 0. The van der Waals surface area contributed by atoms with Crippen LogP contribution in [0.3, 0.4) is 0 Å². The average molecular weight is 320 g/mol. The summed E-state index contributed by atoms with van der Waals surface area (Å²) >= 11 is 0. The van der Waals surface area contributed by atoms with Crippen LogP contribution in [0.15, 0.2) is 11.6 Å². The first-order valence-electron chi connectivity index (χ1n) is 9.62. The van der Waals surface area contributed by atoms with Gasteiger partial charge >= 0.3 is 0 Å². The molecule has 24 heavy (non-hydrogen) atoms. The molecule has 0 heterocycles. The first-order valence-corrected chi connectivity index (χ1v) is 9.62. The third-order valence-electron chi connectivity index (χ3n) is 8.34. The lowest BCUT2D eigenvalue weighted by molar-refractivity contribution is -0.131. The van der Waals surface area contributed by atoms with Gasteiger partial charge in [0.1, 0.15) is 5.78 Å². The zero-order valence-electron chi connectivity index (χ0n) is 15.0. The van der Waals surface area contributed by atoms with Crippen LogP contribution in [0.1, 0.15) is 58.8 Å². The van der Waals surface area contributed by atoms with Crippen molar-refractivity contribution in [1.82, 2.24) is 0 Å². The Hall–Kier alpha value is -1.47. The van der Waals surface area contributed by atoms with E-state index in [0.717, 1.165) is 38.5 Å². The lowest BCUT2D eigenvalue weighted by atomic mass is 9.46. The molecule has 0 aliphatic heterocycles. The Labute approximate surface area is 146 Å². The molecule has 0 spiro atoms. The van der Waals surface area contributed by atoms with Gasteiger partial charge in [-0.3, -0.25) is 4.79 Å². The Morgan fingerprint density at radius 1 is 1.04 bits per heavy atom. The Morgan fingerprint density at radius 3 is 2.46 bits per heavy atom. The molecule has 3 saturated carbocycles. The number of Topliss-reactive ketones (excluding diaryl/α,β-unsaturated/α-hetero) is 1. The maximum Gasteiger partial charge on any atom is 0.139 e. The van der Waals surface area contributed by atoms with Crippen molar-refractivity contribution in [3.05, 3.63) is 11.6 Å². The fraction of sp³-hybridized carbons (Fsp3) is 0.696. The third-order valence-corrected chi connectivity index (χ3v) is 8.34. The highest BCUT2D eigenvalue weighted by atomic mass is 16.1. The molecule has 0 aromatic carbocycles. The monoisotopic (exact) mass is 320 g/mol. The first-order chi connectivity index (χ1) is 11.5. The Balaban J connectivity index is 1.73. The molecule has 0 radical (unpaired) electrons. The third kappa shape index (κ3) is 1.88. The number of terminal acetylenes is 2. The minimum absolute atomic E-state index is 0.0512. The molecular weight excluding hydrogens is 292 g/mol. The molecule has 1 nitrogen and oxygen atoms in total. The molecule has 7 atom stereocenters. The fourth-order valence-corrected chi connectivity index (χ4v) is 6.92. The topological polar surface area (TPSA) is 17.1 Å². The van der Waals surface area contributed by atoms with E-state index in [1.54, 1.807) is 0 Å². The Kier molecular flexibility index (Phi) is 3.51. The quantitative estimate of drug-likeness (QED) is 0.470. The zero-order chi connectivity index (χ0) is 17.1. The number of rotatable bonds is 0. The van der Waals surface area contributed by atoms with E-state index in [-0.39, 0.29) is 22.7 Å². The minimum atomic E-state index is -0.0512. The van der Waals surface area contributed by atoms with E-state index >= 15 is 0 Å². The molecule has 3 fully saturated rings. The molecule has 1 heteroatoms. The van der Waals surface area contributed by atoms with Gasteiger partial charge in [-0.2, -0.15) is 0 Å². The summed E-state index contributed by atoms with van der Waals surface area (Å²) in [6.07, 6.45) is 21.5. The molecule has 4 rings (SSSR count). The number of allylic oxidation sites excluding steroid dienone is 2. The highest BCUT2D eigenvalue weighted by molar-refractivity contribution is 5.87. The van der Waals surface area contributed by atoms with E-state index < -0.39 is 0 Å². The molecule has 0 bridgehead atoms. The van der Waals surface area contributed by atoms with Crippen LogP contribution in [-0.4, -0.2) is 5.78 Å². The fourth-order valence-electron chi connectivity index (χ4n) is 6.92. The summed E-state index contributed by atoms with van der Waals surface area (Å²) in [7, 11) is 0. The summed E-state index contributed by atoms with van der Waals surface area (Å²) in [5.41, 5.74) is 1.60. The van der Waals surface area contributed by atoms with E-state index in [9.17, 15) is 4.79 Å². The van der Waals surface area contributed by atoms with Crippen molar-refractivity contribution < 1.29 is 4.79 Å². The second-order valence-corrected chi connectivity index (χ2v) is 9.06. The summed E-state index contributed by atoms with van der Waals surface area (Å²) in [5, 5.41) is 0. The molecule has 4 aliphatic carbocycles. The number of hydrogen-bond donors (Lipinski definition) is 0. The molecule has 0 N–H and O–H groups in total. The van der Waals surface area contributed by atoms with Gasteiger partial charge in [0.15, 0.2) is 0 Å². The molecule has 2 unspecified atom stereocenters. The van der Waals surface area contributed by atoms with E-state index in [1.807, 2.05) is 0 Å². The molecule has 4 aliphatic rings.